The summed E-state index contributed by atoms with van der Waals surface area (Å²) in [6.07, 6.45) is 2.67. The highest BCUT2D eigenvalue weighted by molar-refractivity contribution is 9.11. The van der Waals surface area contributed by atoms with Crippen molar-refractivity contribution in [3.63, 3.8) is 0 Å². The zero-order valence-corrected chi connectivity index (χ0v) is 21.1. The normalized spacial score (nSPS) is 21.7. The number of amidine groups is 1. The lowest BCUT2D eigenvalue weighted by molar-refractivity contribution is -0.122. The molecule has 0 unspecified atom stereocenters. The average molecular weight is 567 g/mol. The fourth-order valence-electron chi connectivity index (χ4n) is 3.79. The van der Waals surface area contributed by atoms with Gasteiger partial charge in [0.1, 0.15) is 11.4 Å². The Hall–Kier alpha value is -2.49. The minimum atomic E-state index is -1.19. The number of halogens is 2. The average Bonchev–Trinajstić information content (AvgIpc) is 3.40. The molecule has 0 aliphatic carbocycles. The molecule has 9 nitrogen and oxygen atoms in total. The fourth-order valence-corrected chi connectivity index (χ4v) is 5.35. The van der Waals surface area contributed by atoms with E-state index in [4.69, 9.17) is 26.3 Å². The van der Waals surface area contributed by atoms with Gasteiger partial charge in [-0.05, 0) is 46.3 Å². The van der Waals surface area contributed by atoms with E-state index in [1.54, 1.807) is 30.3 Å². The van der Waals surface area contributed by atoms with Gasteiger partial charge in [0.25, 0.3) is 11.8 Å². The Morgan fingerprint density at radius 3 is 2.76 bits per heavy atom. The standard InChI is InChI=1S/C22H21BrClN5O4S/c23-18-4-3-17(34-18)20(30)28-22(6-9-33-12-22)21(31)27-14-1-2-16(15(24)11-14)29-7-10-32-8-5-19(29)26-13-25/h1-4,11H,5-10,12H2,(H,27,31)(H,28,30)/b26-19+/t22-/m1/s1. The quantitative estimate of drug-likeness (QED) is 0.532. The zero-order valence-electron chi connectivity index (χ0n) is 18.0. The first-order valence-electron chi connectivity index (χ1n) is 10.5. The summed E-state index contributed by atoms with van der Waals surface area (Å²) in [7, 11) is 0. The Kier molecular flexibility index (Phi) is 7.85. The third-order valence-electron chi connectivity index (χ3n) is 5.52. The van der Waals surface area contributed by atoms with E-state index in [0.29, 0.717) is 66.3 Å². The van der Waals surface area contributed by atoms with Crippen molar-refractivity contribution < 1.29 is 19.1 Å². The molecule has 12 heteroatoms. The van der Waals surface area contributed by atoms with E-state index < -0.39 is 5.54 Å². The number of ether oxygens (including phenoxy) is 2. The summed E-state index contributed by atoms with van der Waals surface area (Å²) in [4.78, 5) is 32.2. The summed E-state index contributed by atoms with van der Waals surface area (Å²) in [5, 5.41) is 15.1. The number of hydrogen-bond donors (Lipinski definition) is 2. The van der Waals surface area contributed by atoms with E-state index in [-0.39, 0.29) is 18.4 Å². The van der Waals surface area contributed by atoms with Crippen LogP contribution in [0.25, 0.3) is 0 Å². The monoisotopic (exact) mass is 565 g/mol. The van der Waals surface area contributed by atoms with Gasteiger partial charge in [0.15, 0.2) is 0 Å². The fraction of sp³-hybridized carbons (Fsp3) is 0.364. The van der Waals surface area contributed by atoms with Gasteiger partial charge in [0, 0.05) is 31.7 Å². The van der Waals surface area contributed by atoms with Crippen LogP contribution in [0.1, 0.15) is 22.5 Å². The van der Waals surface area contributed by atoms with Crippen molar-refractivity contribution in [3.8, 4) is 6.19 Å². The first kappa shape index (κ1) is 24.6. The first-order valence-corrected chi connectivity index (χ1v) is 12.5. The summed E-state index contributed by atoms with van der Waals surface area (Å²) in [6.45, 7) is 1.88. The number of thiophene rings is 1. The van der Waals surface area contributed by atoms with Crippen LogP contribution in [0.5, 0.6) is 0 Å². The van der Waals surface area contributed by atoms with Crippen LogP contribution >= 0.6 is 38.9 Å². The second-order valence-corrected chi connectivity index (χ2v) is 10.6. The van der Waals surface area contributed by atoms with Gasteiger partial charge < -0.3 is 25.0 Å². The number of rotatable bonds is 5. The minimum Gasteiger partial charge on any atom is -0.379 e. The summed E-state index contributed by atoms with van der Waals surface area (Å²) in [5.74, 6) is -0.145. The third-order valence-corrected chi connectivity index (χ3v) is 7.45. The van der Waals surface area contributed by atoms with Crippen LogP contribution < -0.4 is 15.5 Å². The van der Waals surface area contributed by atoms with Crippen molar-refractivity contribution in [2.45, 2.75) is 18.4 Å². The predicted octanol–water partition coefficient (Wildman–Crippen LogP) is 3.80. The van der Waals surface area contributed by atoms with Crippen molar-refractivity contribution in [2.24, 2.45) is 4.99 Å². The van der Waals surface area contributed by atoms with E-state index >= 15 is 0 Å². The van der Waals surface area contributed by atoms with Gasteiger partial charge in [-0.15, -0.1) is 11.3 Å². The molecule has 3 heterocycles. The molecule has 178 valence electrons. The number of carbonyl (C=O) groups excluding carboxylic acids is 2. The zero-order chi connectivity index (χ0) is 24.1. The smallest absolute Gasteiger partial charge is 0.262 e. The molecule has 2 N–H and O–H groups in total. The molecule has 2 saturated heterocycles. The number of amides is 2. The number of anilines is 2. The maximum atomic E-state index is 13.3. The van der Waals surface area contributed by atoms with Crippen LogP contribution in [-0.4, -0.2) is 56.2 Å². The summed E-state index contributed by atoms with van der Waals surface area (Å²) in [5.41, 5.74) is -0.0504. The van der Waals surface area contributed by atoms with Gasteiger partial charge in [-0.3, -0.25) is 9.59 Å². The van der Waals surface area contributed by atoms with Gasteiger partial charge in [-0.25, -0.2) is 0 Å². The van der Waals surface area contributed by atoms with E-state index in [9.17, 15) is 9.59 Å². The van der Waals surface area contributed by atoms with E-state index in [1.165, 1.54) is 11.3 Å². The molecule has 2 aromatic rings. The largest absolute Gasteiger partial charge is 0.379 e. The minimum absolute atomic E-state index is 0.0741. The predicted molar refractivity (Wildman–Crippen MR) is 134 cm³/mol. The number of benzene rings is 1. The maximum Gasteiger partial charge on any atom is 0.262 e. The Labute approximate surface area is 213 Å². The molecule has 1 aromatic carbocycles. The summed E-state index contributed by atoms with van der Waals surface area (Å²) >= 11 is 11.2. The van der Waals surface area contributed by atoms with Gasteiger partial charge in [-0.2, -0.15) is 10.3 Å². The van der Waals surface area contributed by atoms with Crippen molar-refractivity contribution in [3.05, 3.63) is 44.0 Å². The van der Waals surface area contributed by atoms with Crippen LogP contribution in [-0.2, 0) is 14.3 Å². The lowest BCUT2D eigenvalue weighted by Crippen LogP contribution is -2.57. The summed E-state index contributed by atoms with van der Waals surface area (Å²) < 4.78 is 11.8. The highest BCUT2D eigenvalue weighted by atomic mass is 79.9. The number of aliphatic imine (C=N–C) groups is 1. The molecular formula is C22H21BrClN5O4S. The molecule has 2 amide bonds. The molecule has 4 rings (SSSR count). The first-order chi connectivity index (χ1) is 16.4. The number of nitrogens with one attached hydrogen (secondary N) is 2. The number of nitriles is 1. The van der Waals surface area contributed by atoms with Crippen LogP contribution in [0.3, 0.4) is 0 Å². The second-order valence-electron chi connectivity index (χ2n) is 7.70. The molecule has 2 aliphatic rings. The Morgan fingerprint density at radius 2 is 2.09 bits per heavy atom. The Morgan fingerprint density at radius 1 is 1.24 bits per heavy atom. The van der Waals surface area contributed by atoms with Crippen LogP contribution in [0.4, 0.5) is 11.4 Å². The molecule has 0 bridgehead atoms. The molecule has 0 saturated carbocycles. The van der Waals surface area contributed by atoms with Crippen LogP contribution in [0.15, 0.2) is 39.1 Å². The van der Waals surface area contributed by atoms with Crippen molar-refractivity contribution >= 4 is 67.9 Å². The van der Waals surface area contributed by atoms with Crippen molar-refractivity contribution in [2.75, 3.05) is 43.2 Å². The van der Waals surface area contributed by atoms with E-state index in [1.807, 2.05) is 11.1 Å². The highest BCUT2D eigenvalue weighted by Crippen LogP contribution is 2.31. The van der Waals surface area contributed by atoms with Crippen molar-refractivity contribution in [1.29, 1.82) is 5.26 Å². The molecule has 1 aromatic heterocycles. The topological polar surface area (TPSA) is 116 Å². The molecule has 1 atom stereocenters. The molecule has 2 fully saturated rings. The molecular weight excluding hydrogens is 546 g/mol. The van der Waals surface area contributed by atoms with E-state index in [2.05, 4.69) is 31.6 Å². The number of carbonyl (C=O) groups is 2. The Balaban J connectivity index is 1.51. The van der Waals surface area contributed by atoms with Crippen molar-refractivity contribution in [1.82, 2.24) is 5.32 Å². The third kappa shape index (κ3) is 5.42. The lowest BCUT2D eigenvalue weighted by Gasteiger charge is -2.28. The van der Waals surface area contributed by atoms with Crippen LogP contribution in [0.2, 0.25) is 5.02 Å². The number of hydrogen-bond acceptors (Lipinski definition) is 7. The molecule has 2 aliphatic heterocycles. The maximum absolute atomic E-state index is 13.3. The lowest BCUT2D eigenvalue weighted by atomic mass is 9.97. The van der Waals surface area contributed by atoms with E-state index in [0.717, 1.165) is 3.79 Å². The summed E-state index contributed by atoms with van der Waals surface area (Å²) in [6, 6.07) is 8.59. The SMILES string of the molecule is N#C/N=C1\CCOCCN1c1ccc(NC(=O)[C@@]2(NC(=O)c3ccc(Br)s3)CCOC2)cc1Cl. The Bertz CT molecular complexity index is 1160. The molecule has 0 spiro atoms. The van der Waals surface area contributed by atoms with Gasteiger partial charge in [-0.1, -0.05) is 11.6 Å². The van der Waals surface area contributed by atoms with Gasteiger partial charge in [0.05, 0.1) is 39.2 Å². The molecule has 34 heavy (non-hydrogen) atoms. The van der Waals surface area contributed by atoms with Crippen LogP contribution in [0, 0.1) is 11.5 Å². The van der Waals surface area contributed by atoms with Gasteiger partial charge in [0.2, 0.25) is 6.19 Å². The highest BCUT2D eigenvalue weighted by Gasteiger charge is 2.44. The number of nitrogens with zero attached hydrogens (tertiary/aromatic N) is 3. The van der Waals surface area contributed by atoms with Gasteiger partial charge >= 0.3 is 0 Å². The second kappa shape index (κ2) is 10.8. The molecule has 0 radical (unpaired) electrons.